The van der Waals surface area contributed by atoms with Crippen molar-refractivity contribution in [3.63, 3.8) is 0 Å². The first-order chi connectivity index (χ1) is 9.13. The number of aryl methyl sites for hydroxylation is 1. The predicted molar refractivity (Wildman–Crippen MR) is 78.3 cm³/mol. The molecule has 0 fully saturated rings. The second-order valence-corrected chi connectivity index (χ2v) is 5.47. The summed E-state index contributed by atoms with van der Waals surface area (Å²) in [6, 6.07) is 6.20. The molecular formula is C13H18BrN5. The van der Waals surface area contributed by atoms with E-state index in [4.69, 9.17) is 0 Å². The molecule has 0 radical (unpaired) electrons. The molecule has 1 heterocycles. The van der Waals surface area contributed by atoms with E-state index >= 15 is 0 Å². The topological polar surface area (TPSA) is 55.6 Å². The van der Waals surface area contributed by atoms with Crippen molar-refractivity contribution in [2.24, 2.45) is 0 Å². The van der Waals surface area contributed by atoms with Gasteiger partial charge in [-0.15, -0.1) is 5.10 Å². The minimum atomic E-state index is 0.123. The molecule has 0 aliphatic heterocycles. The maximum Gasteiger partial charge on any atom is 0.173 e. The standard InChI is InChI=1S/C13H18BrN5/c1-4-7-15-10(3)13-16-17-18-19(13)12-6-5-11(14)8-9(12)2/h5-6,8,10,15H,4,7H2,1-3H3. The lowest BCUT2D eigenvalue weighted by Gasteiger charge is -2.14. The first kappa shape index (κ1) is 14.1. The van der Waals surface area contributed by atoms with Gasteiger partial charge >= 0.3 is 0 Å². The number of benzene rings is 1. The van der Waals surface area contributed by atoms with Gasteiger partial charge in [-0.2, -0.15) is 4.68 Å². The zero-order valence-electron chi connectivity index (χ0n) is 11.4. The van der Waals surface area contributed by atoms with Gasteiger partial charge in [0.25, 0.3) is 0 Å². The summed E-state index contributed by atoms with van der Waals surface area (Å²) in [4.78, 5) is 0. The number of hydrogen-bond donors (Lipinski definition) is 1. The van der Waals surface area contributed by atoms with Crippen LogP contribution in [-0.4, -0.2) is 26.8 Å². The van der Waals surface area contributed by atoms with Crippen LogP contribution in [0.3, 0.4) is 0 Å². The van der Waals surface area contributed by atoms with Gasteiger partial charge in [0.05, 0.1) is 11.7 Å². The first-order valence-electron chi connectivity index (χ1n) is 6.41. The van der Waals surface area contributed by atoms with Crippen molar-refractivity contribution in [3.8, 4) is 5.69 Å². The van der Waals surface area contributed by atoms with E-state index in [2.05, 4.69) is 63.6 Å². The molecule has 102 valence electrons. The van der Waals surface area contributed by atoms with E-state index < -0.39 is 0 Å². The van der Waals surface area contributed by atoms with E-state index in [1.54, 1.807) is 4.68 Å². The van der Waals surface area contributed by atoms with E-state index in [1.807, 2.05) is 12.1 Å². The van der Waals surface area contributed by atoms with E-state index in [0.29, 0.717) is 0 Å². The molecule has 6 heteroatoms. The highest BCUT2D eigenvalue weighted by atomic mass is 79.9. The molecule has 0 aliphatic rings. The van der Waals surface area contributed by atoms with E-state index in [1.165, 1.54) is 0 Å². The summed E-state index contributed by atoms with van der Waals surface area (Å²) < 4.78 is 2.86. The lowest BCUT2D eigenvalue weighted by atomic mass is 10.2. The highest BCUT2D eigenvalue weighted by molar-refractivity contribution is 9.10. The third-order valence-corrected chi connectivity index (χ3v) is 3.46. The van der Waals surface area contributed by atoms with Crippen LogP contribution in [0.4, 0.5) is 0 Å². The van der Waals surface area contributed by atoms with Gasteiger partial charge in [-0.3, -0.25) is 0 Å². The van der Waals surface area contributed by atoms with Crippen LogP contribution < -0.4 is 5.32 Å². The van der Waals surface area contributed by atoms with Gasteiger partial charge in [-0.1, -0.05) is 22.9 Å². The van der Waals surface area contributed by atoms with Crippen molar-refractivity contribution in [2.75, 3.05) is 6.54 Å². The fourth-order valence-electron chi connectivity index (χ4n) is 1.94. The van der Waals surface area contributed by atoms with Crippen LogP contribution in [-0.2, 0) is 0 Å². The Morgan fingerprint density at radius 1 is 1.42 bits per heavy atom. The van der Waals surface area contributed by atoms with Crippen LogP contribution in [0, 0.1) is 6.92 Å². The molecule has 0 amide bonds. The van der Waals surface area contributed by atoms with Crippen molar-refractivity contribution >= 4 is 15.9 Å². The van der Waals surface area contributed by atoms with Crippen molar-refractivity contribution in [1.29, 1.82) is 0 Å². The SMILES string of the molecule is CCCNC(C)c1nnnn1-c1ccc(Br)cc1C. The molecule has 1 aromatic heterocycles. The van der Waals surface area contributed by atoms with Crippen LogP contribution >= 0.6 is 15.9 Å². The molecule has 0 aliphatic carbocycles. The summed E-state index contributed by atoms with van der Waals surface area (Å²) >= 11 is 3.47. The van der Waals surface area contributed by atoms with Crippen molar-refractivity contribution < 1.29 is 0 Å². The lowest BCUT2D eigenvalue weighted by Crippen LogP contribution is -2.23. The molecule has 19 heavy (non-hydrogen) atoms. The van der Waals surface area contributed by atoms with Crippen LogP contribution in [0.25, 0.3) is 5.69 Å². The van der Waals surface area contributed by atoms with Crippen LogP contribution in [0.5, 0.6) is 0 Å². The summed E-state index contributed by atoms with van der Waals surface area (Å²) in [6.07, 6.45) is 1.09. The van der Waals surface area contributed by atoms with Gasteiger partial charge < -0.3 is 5.32 Å². The Morgan fingerprint density at radius 2 is 2.21 bits per heavy atom. The average molecular weight is 324 g/mol. The fraction of sp³-hybridized carbons (Fsp3) is 0.462. The smallest absolute Gasteiger partial charge is 0.173 e. The maximum absolute atomic E-state index is 4.14. The Kier molecular flexibility index (Phi) is 4.66. The molecule has 0 saturated heterocycles. The van der Waals surface area contributed by atoms with Crippen molar-refractivity contribution in [3.05, 3.63) is 34.1 Å². The highest BCUT2D eigenvalue weighted by Crippen LogP contribution is 2.21. The van der Waals surface area contributed by atoms with E-state index in [0.717, 1.165) is 34.5 Å². The Balaban J connectivity index is 2.33. The molecule has 1 unspecified atom stereocenters. The van der Waals surface area contributed by atoms with Crippen molar-refractivity contribution in [1.82, 2.24) is 25.5 Å². The van der Waals surface area contributed by atoms with Crippen LogP contribution in [0.1, 0.15) is 37.7 Å². The van der Waals surface area contributed by atoms with Gasteiger partial charge in [0, 0.05) is 4.47 Å². The molecule has 1 N–H and O–H groups in total. The summed E-state index contributed by atoms with van der Waals surface area (Å²) in [6.45, 7) is 7.22. The third kappa shape index (κ3) is 3.19. The van der Waals surface area contributed by atoms with E-state index in [9.17, 15) is 0 Å². The molecule has 0 saturated carbocycles. The number of tetrazole rings is 1. The summed E-state index contributed by atoms with van der Waals surface area (Å²) in [7, 11) is 0. The Bertz CT molecular complexity index is 552. The summed E-state index contributed by atoms with van der Waals surface area (Å²) in [5.74, 6) is 0.832. The molecule has 1 aromatic carbocycles. The molecule has 2 rings (SSSR count). The van der Waals surface area contributed by atoms with Gasteiger partial charge in [-0.25, -0.2) is 0 Å². The number of nitrogens with one attached hydrogen (secondary N) is 1. The lowest BCUT2D eigenvalue weighted by molar-refractivity contribution is 0.531. The van der Waals surface area contributed by atoms with Crippen molar-refractivity contribution in [2.45, 2.75) is 33.2 Å². The Morgan fingerprint density at radius 3 is 2.89 bits per heavy atom. The third-order valence-electron chi connectivity index (χ3n) is 2.97. The summed E-state index contributed by atoms with van der Waals surface area (Å²) in [5.41, 5.74) is 2.14. The second-order valence-electron chi connectivity index (χ2n) is 4.56. The van der Waals surface area contributed by atoms with Gasteiger partial charge in [0.1, 0.15) is 0 Å². The van der Waals surface area contributed by atoms with Gasteiger partial charge in [0.2, 0.25) is 0 Å². The first-order valence-corrected chi connectivity index (χ1v) is 7.21. The minimum Gasteiger partial charge on any atom is -0.307 e. The minimum absolute atomic E-state index is 0.123. The largest absolute Gasteiger partial charge is 0.307 e. The highest BCUT2D eigenvalue weighted by Gasteiger charge is 2.16. The Hall–Kier alpha value is -1.27. The van der Waals surface area contributed by atoms with Crippen LogP contribution in [0.15, 0.2) is 22.7 Å². The number of halogens is 1. The average Bonchev–Trinajstić information content (AvgIpc) is 2.85. The van der Waals surface area contributed by atoms with Gasteiger partial charge in [0.15, 0.2) is 5.82 Å². The normalized spacial score (nSPS) is 12.6. The van der Waals surface area contributed by atoms with E-state index in [-0.39, 0.29) is 6.04 Å². The summed E-state index contributed by atoms with van der Waals surface area (Å²) in [5, 5.41) is 15.4. The molecule has 1 atom stereocenters. The Labute approximate surface area is 121 Å². The van der Waals surface area contributed by atoms with Crippen LogP contribution in [0.2, 0.25) is 0 Å². The number of nitrogens with zero attached hydrogens (tertiary/aromatic N) is 4. The maximum atomic E-state index is 4.14. The molecule has 0 bridgehead atoms. The fourth-order valence-corrected chi connectivity index (χ4v) is 2.42. The molecule has 5 nitrogen and oxygen atoms in total. The number of aromatic nitrogens is 4. The molecule has 0 spiro atoms. The number of hydrogen-bond acceptors (Lipinski definition) is 4. The zero-order chi connectivity index (χ0) is 13.8. The molecule has 2 aromatic rings. The zero-order valence-corrected chi connectivity index (χ0v) is 13.0. The predicted octanol–water partition coefficient (Wildman–Crippen LogP) is 2.79. The van der Waals surface area contributed by atoms with Gasteiger partial charge in [-0.05, 0) is 61.0 Å². The quantitative estimate of drug-likeness (QED) is 0.919. The second kappa shape index (κ2) is 6.25. The number of rotatable bonds is 5. The molecular weight excluding hydrogens is 306 g/mol. The monoisotopic (exact) mass is 323 g/mol.